The lowest BCUT2D eigenvalue weighted by Crippen LogP contribution is -2.26. The van der Waals surface area contributed by atoms with Crippen LogP contribution in [-0.4, -0.2) is 51.4 Å². The Hall–Kier alpha value is -2.32. The summed E-state index contributed by atoms with van der Waals surface area (Å²) in [6.45, 7) is 6.34. The molecule has 1 aromatic carbocycles. The normalized spacial score (nSPS) is 16.1. The molecule has 4 rings (SSSR count). The molecule has 1 saturated heterocycles. The lowest BCUT2D eigenvalue weighted by atomic mass is 10.0. The Morgan fingerprint density at radius 2 is 2.04 bits per heavy atom. The van der Waals surface area contributed by atoms with Gasteiger partial charge in [0.05, 0.1) is 24.6 Å². The standard InChI is InChI=1S/C19H24N4O3S/c1-4-26-15-11-13(7-8-14(15)25-3)16(22-9-5-6-10-22)17-18(24)23-19(27-17)20-12(2)21-23/h7-8,11,16,24H,4-6,9-10H2,1-3H3. The predicted octanol–water partition coefficient (Wildman–Crippen LogP) is 3.40. The number of hydrogen-bond acceptors (Lipinski definition) is 7. The van der Waals surface area contributed by atoms with Crippen molar-refractivity contribution in [3.8, 4) is 17.4 Å². The average molecular weight is 388 g/mol. The van der Waals surface area contributed by atoms with Gasteiger partial charge in [0.25, 0.3) is 0 Å². The molecule has 1 atom stereocenters. The number of aromatic hydroxyl groups is 1. The van der Waals surface area contributed by atoms with E-state index in [2.05, 4.69) is 15.0 Å². The molecule has 144 valence electrons. The van der Waals surface area contributed by atoms with Crippen LogP contribution in [0.3, 0.4) is 0 Å². The lowest BCUT2D eigenvalue weighted by molar-refractivity contribution is 0.274. The molecule has 2 aromatic heterocycles. The summed E-state index contributed by atoms with van der Waals surface area (Å²) in [4.78, 5) is 8.39. The summed E-state index contributed by atoms with van der Waals surface area (Å²) >= 11 is 1.49. The third-order valence-corrected chi connectivity index (χ3v) is 5.94. The molecule has 0 radical (unpaired) electrons. The van der Waals surface area contributed by atoms with Crippen molar-refractivity contribution in [1.29, 1.82) is 0 Å². The Kier molecular flexibility index (Phi) is 4.92. The topological polar surface area (TPSA) is 72.1 Å². The summed E-state index contributed by atoms with van der Waals surface area (Å²) in [7, 11) is 1.64. The van der Waals surface area contributed by atoms with Crippen molar-refractivity contribution >= 4 is 16.3 Å². The molecule has 3 aromatic rings. The van der Waals surface area contributed by atoms with Crippen molar-refractivity contribution in [2.75, 3.05) is 26.8 Å². The van der Waals surface area contributed by atoms with Gasteiger partial charge in [0, 0.05) is 0 Å². The van der Waals surface area contributed by atoms with Crippen LogP contribution in [0.15, 0.2) is 18.2 Å². The van der Waals surface area contributed by atoms with E-state index in [1.54, 1.807) is 7.11 Å². The Labute approximate surface area is 162 Å². The van der Waals surface area contributed by atoms with Crippen molar-refractivity contribution < 1.29 is 14.6 Å². The van der Waals surface area contributed by atoms with Gasteiger partial charge in [0.15, 0.2) is 11.5 Å². The van der Waals surface area contributed by atoms with Crippen molar-refractivity contribution in [2.45, 2.75) is 32.7 Å². The number of thiazole rings is 1. The lowest BCUT2D eigenvalue weighted by Gasteiger charge is -2.27. The highest BCUT2D eigenvalue weighted by Crippen LogP contribution is 2.43. The maximum atomic E-state index is 10.9. The zero-order valence-corrected chi connectivity index (χ0v) is 16.6. The second kappa shape index (κ2) is 7.36. The summed E-state index contributed by atoms with van der Waals surface area (Å²) in [5, 5.41) is 15.2. The molecule has 1 N–H and O–H groups in total. The fourth-order valence-corrected chi connectivity index (χ4v) is 4.85. The number of aromatic nitrogens is 3. The van der Waals surface area contributed by atoms with E-state index in [1.165, 1.54) is 15.9 Å². The summed E-state index contributed by atoms with van der Waals surface area (Å²) in [5.41, 5.74) is 1.07. The van der Waals surface area contributed by atoms with Crippen molar-refractivity contribution in [3.05, 3.63) is 34.5 Å². The minimum atomic E-state index is -0.0635. The molecule has 7 nitrogen and oxygen atoms in total. The number of likely N-dealkylation sites (tertiary alicyclic amines) is 1. The fourth-order valence-electron chi connectivity index (χ4n) is 3.69. The SMILES string of the molecule is CCOc1cc(C(c2sc3nc(C)nn3c2O)N2CCCC2)ccc1OC. The van der Waals surface area contributed by atoms with E-state index in [0.29, 0.717) is 23.1 Å². The van der Waals surface area contributed by atoms with Gasteiger partial charge in [0.2, 0.25) is 10.8 Å². The molecule has 0 saturated carbocycles. The predicted molar refractivity (Wildman–Crippen MR) is 104 cm³/mol. The van der Waals surface area contributed by atoms with E-state index < -0.39 is 0 Å². The van der Waals surface area contributed by atoms with Crippen LogP contribution in [0.25, 0.3) is 4.96 Å². The van der Waals surface area contributed by atoms with Crippen LogP contribution < -0.4 is 9.47 Å². The number of aryl methyl sites for hydroxylation is 1. The first-order valence-electron chi connectivity index (χ1n) is 9.22. The highest BCUT2D eigenvalue weighted by molar-refractivity contribution is 7.17. The first-order chi connectivity index (χ1) is 13.1. The van der Waals surface area contributed by atoms with E-state index in [1.807, 2.05) is 32.0 Å². The van der Waals surface area contributed by atoms with Crippen LogP contribution in [0.1, 0.15) is 42.1 Å². The largest absolute Gasteiger partial charge is 0.493 e. The van der Waals surface area contributed by atoms with Crippen LogP contribution in [0.2, 0.25) is 0 Å². The summed E-state index contributed by atoms with van der Waals surface area (Å²) in [6, 6.07) is 5.93. The molecule has 1 aliphatic heterocycles. The van der Waals surface area contributed by atoms with E-state index in [0.717, 1.165) is 42.1 Å². The maximum absolute atomic E-state index is 10.9. The molecule has 27 heavy (non-hydrogen) atoms. The first kappa shape index (κ1) is 18.1. The highest BCUT2D eigenvalue weighted by Gasteiger charge is 2.31. The van der Waals surface area contributed by atoms with Gasteiger partial charge in [-0.3, -0.25) is 4.90 Å². The third-order valence-electron chi connectivity index (χ3n) is 4.86. The minimum absolute atomic E-state index is 0.0635. The smallest absolute Gasteiger partial charge is 0.230 e. The second-order valence-corrected chi connectivity index (χ2v) is 7.64. The van der Waals surface area contributed by atoms with Crippen LogP contribution in [0.4, 0.5) is 0 Å². The molecular weight excluding hydrogens is 364 g/mol. The van der Waals surface area contributed by atoms with Crippen LogP contribution in [0, 0.1) is 6.92 Å². The highest BCUT2D eigenvalue weighted by atomic mass is 32.1. The minimum Gasteiger partial charge on any atom is -0.493 e. The van der Waals surface area contributed by atoms with Crippen molar-refractivity contribution in [3.63, 3.8) is 0 Å². The summed E-state index contributed by atoms with van der Waals surface area (Å²) < 4.78 is 12.7. The number of nitrogens with zero attached hydrogens (tertiary/aromatic N) is 4. The van der Waals surface area contributed by atoms with Gasteiger partial charge in [-0.2, -0.15) is 4.52 Å². The molecule has 0 bridgehead atoms. The molecule has 1 aliphatic rings. The van der Waals surface area contributed by atoms with E-state index in [9.17, 15) is 5.11 Å². The molecule has 0 spiro atoms. The molecule has 0 amide bonds. The Bertz CT molecular complexity index is 946. The molecule has 0 aliphatic carbocycles. The third kappa shape index (κ3) is 3.23. The summed E-state index contributed by atoms with van der Waals surface area (Å²) in [6.07, 6.45) is 2.32. The Morgan fingerprint density at radius 1 is 1.26 bits per heavy atom. The zero-order chi connectivity index (χ0) is 19.0. The van der Waals surface area contributed by atoms with Gasteiger partial charge in [0.1, 0.15) is 5.82 Å². The monoisotopic (exact) mass is 388 g/mol. The van der Waals surface area contributed by atoms with Gasteiger partial charge >= 0.3 is 0 Å². The number of benzene rings is 1. The Morgan fingerprint density at radius 3 is 2.70 bits per heavy atom. The van der Waals surface area contributed by atoms with Crippen molar-refractivity contribution in [1.82, 2.24) is 19.5 Å². The number of fused-ring (bicyclic) bond motifs is 1. The van der Waals surface area contributed by atoms with Crippen LogP contribution in [0.5, 0.6) is 17.4 Å². The quantitative estimate of drug-likeness (QED) is 0.698. The number of methoxy groups -OCH3 is 1. The molecule has 8 heteroatoms. The van der Waals surface area contributed by atoms with Gasteiger partial charge in [-0.1, -0.05) is 17.4 Å². The second-order valence-electron chi connectivity index (χ2n) is 6.63. The van der Waals surface area contributed by atoms with E-state index in [-0.39, 0.29) is 11.9 Å². The van der Waals surface area contributed by atoms with E-state index >= 15 is 0 Å². The van der Waals surface area contributed by atoms with Gasteiger partial charge in [-0.25, -0.2) is 4.98 Å². The van der Waals surface area contributed by atoms with Crippen molar-refractivity contribution in [2.24, 2.45) is 0 Å². The number of rotatable bonds is 6. The van der Waals surface area contributed by atoms with Gasteiger partial charge < -0.3 is 14.6 Å². The van der Waals surface area contributed by atoms with Gasteiger partial charge in [-0.15, -0.1) is 5.10 Å². The zero-order valence-electron chi connectivity index (χ0n) is 15.8. The maximum Gasteiger partial charge on any atom is 0.230 e. The van der Waals surface area contributed by atoms with Gasteiger partial charge in [-0.05, 0) is 57.5 Å². The van der Waals surface area contributed by atoms with Crippen LogP contribution in [-0.2, 0) is 0 Å². The first-order valence-corrected chi connectivity index (χ1v) is 10.0. The van der Waals surface area contributed by atoms with Crippen LogP contribution >= 0.6 is 11.3 Å². The molecule has 1 fully saturated rings. The number of ether oxygens (including phenoxy) is 2. The fraction of sp³-hybridized carbons (Fsp3) is 0.474. The molecule has 1 unspecified atom stereocenters. The van der Waals surface area contributed by atoms with E-state index in [4.69, 9.17) is 9.47 Å². The molecular formula is C19H24N4O3S. The Balaban J connectivity index is 1.82. The molecule has 3 heterocycles. The summed E-state index contributed by atoms with van der Waals surface area (Å²) in [5.74, 6) is 2.25. The number of hydrogen-bond donors (Lipinski definition) is 1. The average Bonchev–Trinajstić information content (AvgIpc) is 3.36.